The Kier molecular flexibility index (Phi) is 9.29. The summed E-state index contributed by atoms with van der Waals surface area (Å²) < 4.78 is 119. The maximum atomic E-state index is 15.3. The molecule has 41 heavy (non-hydrogen) atoms. The highest BCUT2D eigenvalue weighted by Gasteiger charge is 2.42. The van der Waals surface area contributed by atoms with Crippen LogP contribution in [0.2, 0.25) is 0 Å². The van der Waals surface area contributed by atoms with E-state index in [9.17, 15) is 40.0 Å². The van der Waals surface area contributed by atoms with Gasteiger partial charge in [0.2, 0.25) is 21.7 Å². The van der Waals surface area contributed by atoms with Gasteiger partial charge in [0.15, 0.2) is 17.1 Å². The van der Waals surface area contributed by atoms with Crippen molar-refractivity contribution in [2.24, 2.45) is 5.41 Å². The molecule has 0 saturated carbocycles. The molecule has 0 saturated heterocycles. The number of sulfonamides is 1. The highest BCUT2D eigenvalue weighted by atomic mass is 32.2. The summed E-state index contributed by atoms with van der Waals surface area (Å²) in [5, 5.41) is 3.58. The van der Waals surface area contributed by atoms with E-state index in [0.29, 0.717) is 17.4 Å². The summed E-state index contributed by atoms with van der Waals surface area (Å²) in [7, 11) is -4.04. The molecule has 3 aromatic rings. The fourth-order valence-electron chi connectivity index (χ4n) is 3.66. The summed E-state index contributed by atoms with van der Waals surface area (Å²) in [4.78, 5) is 29.9. The van der Waals surface area contributed by atoms with E-state index in [1.165, 1.54) is 11.8 Å². The third-order valence-corrected chi connectivity index (χ3v) is 8.34. The number of ether oxygens (including phenoxy) is 1. The first-order valence-electron chi connectivity index (χ1n) is 11.5. The lowest BCUT2D eigenvalue weighted by Gasteiger charge is -2.21. The van der Waals surface area contributed by atoms with Crippen LogP contribution in [0.15, 0.2) is 21.6 Å². The van der Waals surface area contributed by atoms with Gasteiger partial charge in [-0.3, -0.25) is 9.59 Å². The molecule has 2 heterocycles. The van der Waals surface area contributed by atoms with Crippen molar-refractivity contribution in [1.82, 2.24) is 19.8 Å². The number of aromatic nitrogens is 3. The van der Waals surface area contributed by atoms with E-state index < -0.39 is 74.0 Å². The van der Waals surface area contributed by atoms with Crippen LogP contribution in [0.3, 0.4) is 0 Å². The van der Waals surface area contributed by atoms with Gasteiger partial charge < -0.3 is 9.26 Å². The topological polar surface area (TPSA) is 141 Å². The van der Waals surface area contributed by atoms with Crippen LogP contribution in [0.5, 0.6) is 0 Å². The van der Waals surface area contributed by atoms with Crippen LogP contribution in [-0.4, -0.2) is 55.1 Å². The van der Waals surface area contributed by atoms with E-state index in [4.69, 9.17) is 9.26 Å². The predicted octanol–water partition coefficient (Wildman–Crippen LogP) is 5.11. The molecule has 18 heteroatoms. The van der Waals surface area contributed by atoms with E-state index >= 15 is 4.39 Å². The van der Waals surface area contributed by atoms with Crippen LogP contribution in [0.25, 0.3) is 21.3 Å². The number of rotatable bonds is 11. The van der Waals surface area contributed by atoms with Crippen molar-refractivity contribution in [2.45, 2.75) is 57.2 Å². The summed E-state index contributed by atoms with van der Waals surface area (Å²) in [5.74, 6) is -2.78. The third kappa shape index (κ3) is 6.75. The van der Waals surface area contributed by atoms with Gasteiger partial charge in [0.05, 0.1) is 23.0 Å². The fraction of sp³-hybridized carbons (Fsp3) is 0.435. The van der Waals surface area contributed by atoms with E-state index in [2.05, 4.69) is 15.1 Å². The summed E-state index contributed by atoms with van der Waals surface area (Å²) in [6, 6.07) is -1.35. The monoisotopic (exact) mass is 628 g/mol. The number of aldehydes is 1. The Balaban J connectivity index is 2.07. The lowest BCUT2D eigenvalue weighted by molar-refractivity contribution is -0.152. The molecule has 0 aliphatic carbocycles. The lowest BCUT2D eigenvalue weighted by atomic mass is 9.89. The van der Waals surface area contributed by atoms with Crippen molar-refractivity contribution in [2.75, 3.05) is 7.11 Å². The molecule has 1 aromatic carbocycles. The van der Waals surface area contributed by atoms with Crippen molar-refractivity contribution >= 4 is 33.6 Å². The first kappa shape index (κ1) is 32.1. The van der Waals surface area contributed by atoms with Gasteiger partial charge in [0, 0.05) is 12.0 Å². The second kappa shape index (κ2) is 11.8. The van der Waals surface area contributed by atoms with Gasteiger partial charge >= 0.3 is 12.1 Å². The molecule has 0 fully saturated rings. The number of hydrogen-bond donors (Lipinski definition) is 1. The molecule has 3 rings (SSSR count). The van der Waals surface area contributed by atoms with Crippen LogP contribution >= 0.6 is 11.3 Å². The molecule has 0 radical (unpaired) electrons. The normalized spacial score (nSPS) is 13.4. The molecule has 1 N–H and O–H groups in total. The molecule has 0 aliphatic heterocycles. The smallest absolute Gasteiger partial charge is 0.404 e. The van der Waals surface area contributed by atoms with Gasteiger partial charge in [-0.15, -0.1) is 11.3 Å². The van der Waals surface area contributed by atoms with Crippen LogP contribution in [-0.2, 0) is 26.0 Å². The molecule has 0 aliphatic rings. The first-order valence-corrected chi connectivity index (χ1v) is 13.8. The first-order chi connectivity index (χ1) is 19.0. The Morgan fingerprint density at radius 3 is 2.41 bits per heavy atom. The van der Waals surface area contributed by atoms with Crippen molar-refractivity contribution in [3.05, 3.63) is 35.1 Å². The Bertz CT molecular complexity index is 1550. The molecule has 0 unspecified atom stereocenters. The highest BCUT2D eigenvalue weighted by Crippen LogP contribution is 2.41. The van der Waals surface area contributed by atoms with Gasteiger partial charge in [0.25, 0.3) is 6.43 Å². The zero-order chi connectivity index (χ0) is 30.9. The number of hydrogen-bond acceptors (Lipinski definition) is 10. The standard InChI is InChI=1S/C23H22F6N4O6S2/c1-5-13(23(27,28)29)33-41(36,37)12-7-6-10(15(16(12)24)18(25)26)17-11(9-34)30-20(40-17)19-31-14(39-32-19)8-22(2,3)21(35)38-4/h6-7,9,13,18,33H,5,8H2,1-4H3/t13-/m0/s1. The average Bonchev–Trinajstić information content (AvgIpc) is 3.52. The van der Waals surface area contributed by atoms with Crippen molar-refractivity contribution in [3.8, 4) is 21.3 Å². The zero-order valence-corrected chi connectivity index (χ0v) is 23.3. The maximum absolute atomic E-state index is 15.3. The molecule has 224 valence electrons. The van der Waals surface area contributed by atoms with Crippen molar-refractivity contribution < 1.29 is 53.6 Å². The number of nitrogens with zero attached hydrogens (tertiary/aromatic N) is 3. The second-order valence-electron chi connectivity index (χ2n) is 9.18. The fourth-order valence-corrected chi connectivity index (χ4v) is 6.06. The molecule has 2 aromatic heterocycles. The lowest BCUT2D eigenvalue weighted by Crippen LogP contribution is -2.45. The predicted molar refractivity (Wildman–Crippen MR) is 131 cm³/mol. The quantitative estimate of drug-likeness (QED) is 0.174. The van der Waals surface area contributed by atoms with Gasteiger partial charge in [-0.05, 0) is 26.3 Å². The number of methoxy groups -OCH3 is 1. The van der Waals surface area contributed by atoms with Gasteiger partial charge in [0.1, 0.15) is 16.6 Å². The minimum Gasteiger partial charge on any atom is -0.469 e. The Morgan fingerprint density at radius 1 is 1.22 bits per heavy atom. The number of alkyl halides is 5. The van der Waals surface area contributed by atoms with Crippen LogP contribution < -0.4 is 4.72 Å². The Morgan fingerprint density at radius 2 is 1.88 bits per heavy atom. The molecule has 0 amide bonds. The zero-order valence-electron chi connectivity index (χ0n) is 21.7. The molecular weight excluding hydrogens is 606 g/mol. The van der Waals surface area contributed by atoms with Crippen LogP contribution in [0, 0.1) is 11.2 Å². The Labute approximate surface area is 233 Å². The van der Waals surface area contributed by atoms with E-state index in [0.717, 1.165) is 13.0 Å². The van der Waals surface area contributed by atoms with Crippen molar-refractivity contribution in [1.29, 1.82) is 0 Å². The minimum atomic E-state index is -5.24. The average molecular weight is 629 g/mol. The molecule has 0 bridgehead atoms. The number of esters is 1. The molecule has 10 nitrogen and oxygen atoms in total. The summed E-state index contributed by atoms with van der Waals surface area (Å²) >= 11 is 0.571. The number of benzene rings is 1. The molecule has 1 atom stereocenters. The van der Waals surface area contributed by atoms with Crippen molar-refractivity contribution in [3.63, 3.8) is 0 Å². The highest BCUT2D eigenvalue weighted by molar-refractivity contribution is 7.89. The van der Waals surface area contributed by atoms with Crippen LogP contribution in [0.4, 0.5) is 26.3 Å². The summed E-state index contributed by atoms with van der Waals surface area (Å²) in [6.07, 6.45) is -9.29. The van der Waals surface area contributed by atoms with Gasteiger partial charge in [-0.25, -0.2) is 26.6 Å². The van der Waals surface area contributed by atoms with E-state index in [-0.39, 0.29) is 34.3 Å². The maximum Gasteiger partial charge on any atom is 0.404 e. The SMILES string of the molecule is CC[C@H](NS(=O)(=O)c1ccc(-c2sc(-c3noc(CC(C)(C)C(=O)OC)n3)nc2C=O)c(C(F)F)c1F)C(F)(F)F. The number of carbonyl (C=O) groups excluding carboxylic acids is 2. The van der Waals surface area contributed by atoms with Gasteiger partial charge in [-0.1, -0.05) is 18.1 Å². The summed E-state index contributed by atoms with van der Waals surface area (Å²) in [6.45, 7) is 4.14. The Hall–Kier alpha value is -3.38. The van der Waals surface area contributed by atoms with E-state index in [1.54, 1.807) is 13.8 Å². The number of thiazole rings is 1. The minimum absolute atomic E-state index is 0.0228. The third-order valence-electron chi connectivity index (χ3n) is 5.75. The largest absolute Gasteiger partial charge is 0.469 e. The number of halogens is 6. The number of nitrogens with one attached hydrogen (secondary N) is 1. The molecule has 0 spiro atoms. The van der Waals surface area contributed by atoms with E-state index in [1.807, 2.05) is 0 Å². The summed E-state index contributed by atoms with van der Waals surface area (Å²) in [5.41, 5.74) is -3.61. The second-order valence-corrected chi connectivity index (χ2v) is 11.9. The number of carbonyl (C=O) groups is 2. The van der Waals surface area contributed by atoms with Gasteiger partial charge in [-0.2, -0.15) is 22.9 Å². The molecular formula is C23H22F6N4O6S2. The van der Waals surface area contributed by atoms with Crippen LogP contribution in [0.1, 0.15) is 55.6 Å².